The Labute approximate surface area is 136 Å². The van der Waals surface area contributed by atoms with Gasteiger partial charge in [0, 0.05) is 24.8 Å². The van der Waals surface area contributed by atoms with Crippen LogP contribution in [0.2, 0.25) is 0 Å². The molecule has 0 bridgehead atoms. The van der Waals surface area contributed by atoms with Crippen molar-refractivity contribution in [1.82, 2.24) is 4.57 Å². The number of rotatable bonds is 5. The van der Waals surface area contributed by atoms with Crippen molar-refractivity contribution in [2.24, 2.45) is 0 Å². The molecule has 4 heteroatoms. The minimum Gasteiger partial charge on any atom is -0.408 e. The van der Waals surface area contributed by atoms with Crippen molar-refractivity contribution >= 4 is 16.8 Å². The minimum atomic E-state index is -0.293. The third-order valence-electron chi connectivity index (χ3n) is 4.13. The Kier molecular flexibility index (Phi) is 4.24. The van der Waals surface area contributed by atoms with Crippen molar-refractivity contribution in [3.05, 3.63) is 64.6 Å². The van der Waals surface area contributed by atoms with Crippen LogP contribution in [0.1, 0.15) is 19.4 Å². The first-order valence-corrected chi connectivity index (χ1v) is 7.98. The van der Waals surface area contributed by atoms with Crippen molar-refractivity contribution < 1.29 is 4.42 Å². The van der Waals surface area contributed by atoms with Crippen LogP contribution in [-0.4, -0.2) is 17.2 Å². The van der Waals surface area contributed by atoms with E-state index in [4.69, 9.17) is 4.42 Å². The molecule has 0 unspecified atom stereocenters. The van der Waals surface area contributed by atoms with E-state index in [1.54, 1.807) is 4.57 Å². The predicted octanol–water partition coefficient (Wildman–Crippen LogP) is 3.82. The van der Waals surface area contributed by atoms with Gasteiger partial charge >= 0.3 is 5.76 Å². The third-order valence-corrected chi connectivity index (χ3v) is 4.13. The molecule has 4 nitrogen and oxygen atoms in total. The van der Waals surface area contributed by atoms with E-state index >= 15 is 0 Å². The molecule has 0 aliphatic heterocycles. The second-order valence-electron chi connectivity index (χ2n) is 6.11. The molecule has 0 aliphatic rings. The van der Waals surface area contributed by atoms with Gasteiger partial charge in [0.2, 0.25) is 0 Å². The molecule has 0 fully saturated rings. The summed E-state index contributed by atoms with van der Waals surface area (Å²) in [7, 11) is 0. The molecule has 0 saturated heterocycles. The number of hydrogen-bond acceptors (Lipinski definition) is 3. The summed E-state index contributed by atoms with van der Waals surface area (Å²) in [6.45, 7) is 7.76. The zero-order valence-electron chi connectivity index (χ0n) is 13.8. The van der Waals surface area contributed by atoms with Gasteiger partial charge in [-0.25, -0.2) is 4.79 Å². The standard InChI is InChI=1S/C19H22N2O2/c1-14(2)20(16-10-8-15(3)9-11-16)12-13-21-17-6-4-5-7-18(17)23-19(21)22/h4-11,14H,12-13H2,1-3H3. The van der Waals surface area contributed by atoms with Crippen LogP contribution >= 0.6 is 0 Å². The van der Waals surface area contributed by atoms with E-state index in [-0.39, 0.29) is 5.76 Å². The van der Waals surface area contributed by atoms with Gasteiger partial charge in [-0.1, -0.05) is 29.8 Å². The zero-order valence-corrected chi connectivity index (χ0v) is 13.8. The molecule has 0 radical (unpaired) electrons. The molecule has 120 valence electrons. The van der Waals surface area contributed by atoms with Gasteiger partial charge in [0.15, 0.2) is 5.58 Å². The van der Waals surface area contributed by atoms with Crippen LogP contribution in [0.25, 0.3) is 11.1 Å². The molecule has 0 saturated carbocycles. The van der Waals surface area contributed by atoms with Crippen molar-refractivity contribution in [2.75, 3.05) is 11.4 Å². The van der Waals surface area contributed by atoms with E-state index in [2.05, 4.69) is 49.9 Å². The fourth-order valence-corrected chi connectivity index (χ4v) is 2.86. The summed E-state index contributed by atoms with van der Waals surface area (Å²) in [5.41, 5.74) is 3.91. The van der Waals surface area contributed by atoms with Crippen molar-refractivity contribution in [3.63, 3.8) is 0 Å². The van der Waals surface area contributed by atoms with Crippen LogP contribution in [0.4, 0.5) is 5.69 Å². The second-order valence-corrected chi connectivity index (χ2v) is 6.11. The molecule has 0 N–H and O–H groups in total. The van der Waals surface area contributed by atoms with Crippen molar-refractivity contribution in [2.45, 2.75) is 33.4 Å². The first kappa shape index (κ1) is 15.4. The Morgan fingerprint density at radius 1 is 1.09 bits per heavy atom. The number of oxazole rings is 1. The molecule has 1 heterocycles. The highest BCUT2D eigenvalue weighted by atomic mass is 16.4. The first-order valence-electron chi connectivity index (χ1n) is 7.98. The van der Waals surface area contributed by atoms with Gasteiger partial charge in [-0.3, -0.25) is 4.57 Å². The van der Waals surface area contributed by atoms with Crippen LogP contribution in [-0.2, 0) is 6.54 Å². The molecule has 0 amide bonds. The van der Waals surface area contributed by atoms with Gasteiger partial charge in [0.25, 0.3) is 0 Å². The molecular weight excluding hydrogens is 288 g/mol. The quantitative estimate of drug-likeness (QED) is 0.719. The predicted molar refractivity (Wildman–Crippen MR) is 94.1 cm³/mol. The summed E-state index contributed by atoms with van der Waals surface area (Å²) >= 11 is 0. The fraction of sp³-hybridized carbons (Fsp3) is 0.316. The van der Waals surface area contributed by atoms with E-state index < -0.39 is 0 Å². The second kappa shape index (κ2) is 6.32. The van der Waals surface area contributed by atoms with E-state index in [0.717, 1.165) is 12.1 Å². The lowest BCUT2D eigenvalue weighted by molar-refractivity contribution is 0.499. The molecular formula is C19H22N2O2. The topological polar surface area (TPSA) is 38.4 Å². The lowest BCUT2D eigenvalue weighted by atomic mass is 10.2. The maximum atomic E-state index is 12.1. The van der Waals surface area contributed by atoms with Crippen LogP contribution < -0.4 is 10.7 Å². The number of para-hydroxylation sites is 2. The lowest BCUT2D eigenvalue weighted by Gasteiger charge is -2.29. The average molecular weight is 310 g/mol. The van der Waals surface area contributed by atoms with Gasteiger partial charge in [-0.2, -0.15) is 0 Å². The van der Waals surface area contributed by atoms with Gasteiger partial charge in [-0.05, 0) is 45.0 Å². The minimum absolute atomic E-state index is 0.293. The SMILES string of the molecule is Cc1ccc(N(CCn2c(=O)oc3ccccc32)C(C)C)cc1. The highest BCUT2D eigenvalue weighted by Gasteiger charge is 2.13. The Morgan fingerprint density at radius 3 is 2.48 bits per heavy atom. The van der Waals surface area contributed by atoms with Crippen LogP contribution in [0, 0.1) is 6.92 Å². The molecule has 23 heavy (non-hydrogen) atoms. The van der Waals surface area contributed by atoms with Crippen LogP contribution in [0.3, 0.4) is 0 Å². The molecule has 3 aromatic rings. The van der Waals surface area contributed by atoms with E-state index in [1.165, 1.54) is 11.3 Å². The summed E-state index contributed by atoms with van der Waals surface area (Å²) in [6.07, 6.45) is 0. The number of aryl methyl sites for hydroxylation is 1. The number of anilines is 1. The molecule has 2 aromatic carbocycles. The fourth-order valence-electron chi connectivity index (χ4n) is 2.86. The number of benzene rings is 2. The highest BCUT2D eigenvalue weighted by Crippen LogP contribution is 2.18. The summed E-state index contributed by atoms with van der Waals surface area (Å²) in [4.78, 5) is 14.4. The Hall–Kier alpha value is -2.49. The smallest absolute Gasteiger partial charge is 0.408 e. The summed E-state index contributed by atoms with van der Waals surface area (Å²) in [5, 5.41) is 0. The normalized spacial score (nSPS) is 11.3. The van der Waals surface area contributed by atoms with Crippen molar-refractivity contribution in [3.8, 4) is 0 Å². The van der Waals surface area contributed by atoms with Crippen LogP contribution in [0.15, 0.2) is 57.7 Å². The molecule has 0 spiro atoms. The van der Waals surface area contributed by atoms with Gasteiger partial charge in [-0.15, -0.1) is 0 Å². The van der Waals surface area contributed by atoms with E-state index in [9.17, 15) is 4.79 Å². The Bertz CT molecular complexity index is 844. The number of fused-ring (bicyclic) bond motifs is 1. The zero-order chi connectivity index (χ0) is 16.4. The number of aromatic nitrogens is 1. The molecule has 0 aliphatic carbocycles. The molecule has 1 aromatic heterocycles. The maximum Gasteiger partial charge on any atom is 0.420 e. The summed E-state index contributed by atoms with van der Waals surface area (Å²) in [5.74, 6) is -0.293. The Morgan fingerprint density at radius 2 is 1.78 bits per heavy atom. The van der Waals surface area contributed by atoms with Crippen LogP contribution in [0.5, 0.6) is 0 Å². The van der Waals surface area contributed by atoms with E-state index in [1.807, 2.05) is 24.3 Å². The first-order chi connectivity index (χ1) is 11.1. The highest BCUT2D eigenvalue weighted by molar-refractivity contribution is 5.72. The molecule has 3 rings (SSSR count). The maximum absolute atomic E-state index is 12.1. The number of nitrogens with zero attached hydrogens (tertiary/aromatic N) is 2. The summed E-state index contributed by atoms with van der Waals surface area (Å²) in [6, 6.07) is 16.4. The van der Waals surface area contributed by atoms with Gasteiger partial charge in [0.1, 0.15) is 0 Å². The van der Waals surface area contributed by atoms with Gasteiger partial charge < -0.3 is 9.32 Å². The third kappa shape index (κ3) is 3.16. The van der Waals surface area contributed by atoms with Crippen molar-refractivity contribution in [1.29, 1.82) is 0 Å². The Balaban J connectivity index is 1.85. The monoisotopic (exact) mass is 310 g/mol. The molecule has 0 atom stereocenters. The number of hydrogen-bond donors (Lipinski definition) is 0. The largest absolute Gasteiger partial charge is 0.420 e. The van der Waals surface area contributed by atoms with E-state index in [0.29, 0.717) is 18.2 Å². The summed E-state index contributed by atoms with van der Waals surface area (Å²) < 4.78 is 7.01. The average Bonchev–Trinajstić information content (AvgIpc) is 2.85. The lowest BCUT2D eigenvalue weighted by Crippen LogP contribution is -2.35. The van der Waals surface area contributed by atoms with Gasteiger partial charge in [0.05, 0.1) is 5.52 Å².